The van der Waals surface area contributed by atoms with Gasteiger partial charge in [0.2, 0.25) is 0 Å². The first-order valence-electron chi connectivity index (χ1n) is 6.33. The molecule has 0 aromatic heterocycles. The van der Waals surface area contributed by atoms with Gasteiger partial charge in [0.1, 0.15) is 5.75 Å². The van der Waals surface area contributed by atoms with E-state index in [-0.39, 0.29) is 4.75 Å². The van der Waals surface area contributed by atoms with Crippen molar-refractivity contribution >= 4 is 23.1 Å². The standard InChI is InChI=1S/C14H24N2OS/c1-5-14(6-2,18-4)10-16-13-9-11(17-3)7-8-12(13)15/h7-9,16H,5-6,10,15H2,1-4H3. The second kappa shape index (κ2) is 6.78. The van der Waals surface area contributed by atoms with E-state index in [4.69, 9.17) is 10.5 Å². The number of hydrogen-bond acceptors (Lipinski definition) is 4. The minimum atomic E-state index is 0.273. The summed E-state index contributed by atoms with van der Waals surface area (Å²) in [5, 5.41) is 3.46. The number of hydrogen-bond donors (Lipinski definition) is 2. The molecule has 0 radical (unpaired) electrons. The van der Waals surface area contributed by atoms with Crippen LogP contribution in [0.3, 0.4) is 0 Å². The topological polar surface area (TPSA) is 47.3 Å². The molecular weight excluding hydrogens is 244 g/mol. The van der Waals surface area contributed by atoms with E-state index in [1.165, 1.54) is 0 Å². The maximum absolute atomic E-state index is 5.97. The zero-order valence-corrected chi connectivity index (χ0v) is 12.6. The van der Waals surface area contributed by atoms with Crippen molar-refractivity contribution in [2.24, 2.45) is 0 Å². The molecule has 18 heavy (non-hydrogen) atoms. The third-order valence-electron chi connectivity index (χ3n) is 3.58. The summed E-state index contributed by atoms with van der Waals surface area (Å²) in [7, 11) is 1.67. The number of nitrogens with one attached hydrogen (secondary N) is 1. The van der Waals surface area contributed by atoms with Gasteiger partial charge < -0.3 is 15.8 Å². The van der Waals surface area contributed by atoms with E-state index in [9.17, 15) is 0 Å². The van der Waals surface area contributed by atoms with Crippen LogP contribution >= 0.6 is 11.8 Å². The van der Waals surface area contributed by atoms with Gasteiger partial charge in [-0.05, 0) is 31.2 Å². The summed E-state index contributed by atoms with van der Waals surface area (Å²) in [6.07, 6.45) is 4.45. The Labute approximate surface area is 114 Å². The van der Waals surface area contributed by atoms with Crippen LogP contribution in [-0.2, 0) is 0 Å². The Morgan fingerprint density at radius 1 is 1.33 bits per heavy atom. The number of nitrogens with two attached hydrogens (primary N) is 1. The Morgan fingerprint density at radius 3 is 2.50 bits per heavy atom. The van der Waals surface area contributed by atoms with Gasteiger partial charge in [0.05, 0.1) is 18.5 Å². The molecule has 0 amide bonds. The summed E-state index contributed by atoms with van der Waals surface area (Å²) >= 11 is 1.92. The van der Waals surface area contributed by atoms with Crippen LogP contribution in [0.25, 0.3) is 0 Å². The van der Waals surface area contributed by atoms with Crippen LogP contribution in [0, 0.1) is 0 Å². The minimum Gasteiger partial charge on any atom is -0.497 e. The molecule has 3 nitrogen and oxygen atoms in total. The molecule has 0 aliphatic rings. The monoisotopic (exact) mass is 268 g/mol. The molecule has 0 unspecified atom stereocenters. The zero-order chi connectivity index (χ0) is 13.6. The van der Waals surface area contributed by atoms with Crippen molar-refractivity contribution in [3.05, 3.63) is 18.2 Å². The van der Waals surface area contributed by atoms with Crippen molar-refractivity contribution in [2.75, 3.05) is 31.0 Å². The smallest absolute Gasteiger partial charge is 0.121 e. The number of methoxy groups -OCH3 is 1. The fourth-order valence-electron chi connectivity index (χ4n) is 1.93. The molecule has 0 atom stereocenters. The van der Waals surface area contributed by atoms with Crippen LogP contribution in [0.15, 0.2) is 18.2 Å². The summed E-state index contributed by atoms with van der Waals surface area (Å²) in [5.74, 6) is 0.828. The van der Waals surface area contributed by atoms with Gasteiger partial charge in [-0.2, -0.15) is 11.8 Å². The summed E-state index contributed by atoms with van der Waals surface area (Å²) in [4.78, 5) is 0. The average Bonchev–Trinajstić information content (AvgIpc) is 2.42. The number of ether oxygens (including phenoxy) is 1. The molecule has 0 spiro atoms. The largest absolute Gasteiger partial charge is 0.497 e. The zero-order valence-electron chi connectivity index (χ0n) is 11.7. The SMILES string of the molecule is CCC(CC)(CNc1cc(OC)ccc1N)SC. The van der Waals surface area contributed by atoms with Gasteiger partial charge >= 0.3 is 0 Å². The van der Waals surface area contributed by atoms with E-state index in [1.54, 1.807) is 7.11 Å². The first-order valence-corrected chi connectivity index (χ1v) is 7.55. The Hall–Kier alpha value is -1.03. The third kappa shape index (κ3) is 3.48. The van der Waals surface area contributed by atoms with Crippen molar-refractivity contribution in [2.45, 2.75) is 31.4 Å². The Balaban J connectivity index is 2.78. The molecule has 0 aliphatic heterocycles. The van der Waals surface area contributed by atoms with Crippen molar-refractivity contribution in [1.82, 2.24) is 0 Å². The van der Waals surface area contributed by atoms with E-state index in [0.717, 1.165) is 36.5 Å². The maximum Gasteiger partial charge on any atom is 0.121 e. The van der Waals surface area contributed by atoms with Gasteiger partial charge in [-0.25, -0.2) is 0 Å². The van der Waals surface area contributed by atoms with E-state index in [0.29, 0.717) is 0 Å². The highest BCUT2D eigenvalue weighted by molar-refractivity contribution is 8.00. The first-order chi connectivity index (χ1) is 8.60. The van der Waals surface area contributed by atoms with E-state index in [2.05, 4.69) is 25.4 Å². The predicted octanol–water partition coefficient (Wildman–Crippen LogP) is 3.61. The van der Waals surface area contributed by atoms with Gasteiger partial charge in [0.15, 0.2) is 0 Å². The summed E-state index contributed by atoms with van der Waals surface area (Å²) in [6, 6.07) is 5.70. The molecule has 0 aliphatic carbocycles. The number of rotatable bonds is 7. The molecule has 0 heterocycles. The molecule has 3 N–H and O–H groups in total. The van der Waals surface area contributed by atoms with Crippen LogP contribution in [-0.4, -0.2) is 24.7 Å². The lowest BCUT2D eigenvalue weighted by Gasteiger charge is -2.30. The molecule has 102 valence electrons. The molecule has 0 fully saturated rings. The highest BCUT2D eigenvalue weighted by Crippen LogP contribution is 2.32. The number of benzene rings is 1. The molecule has 0 saturated heterocycles. The summed E-state index contributed by atoms with van der Waals surface area (Å²) < 4.78 is 5.49. The summed E-state index contributed by atoms with van der Waals surface area (Å²) in [6.45, 7) is 5.38. The highest BCUT2D eigenvalue weighted by Gasteiger charge is 2.24. The van der Waals surface area contributed by atoms with Crippen LogP contribution in [0.1, 0.15) is 26.7 Å². The number of anilines is 2. The molecular formula is C14H24N2OS. The van der Waals surface area contributed by atoms with E-state index >= 15 is 0 Å². The predicted molar refractivity (Wildman–Crippen MR) is 82.7 cm³/mol. The number of nitrogen functional groups attached to an aromatic ring is 1. The lowest BCUT2D eigenvalue weighted by molar-refractivity contribution is 0.415. The molecule has 0 saturated carbocycles. The fourth-order valence-corrected chi connectivity index (χ4v) is 2.73. The molecule has 1 aromatic carbocycles. The summed E-state index contributed by atoms with van der Waals surface area (Å²) in [5.41, 5.74) is 7.69. The first kappa shape index (κ1) is 15.0. The van der Waals surface area contributed by atoms with Crippen molar-refractivity contribution in [3.63, 3.8) is 0 Å². The van der Waals surface area contributed by atoms with Gasteiger partial charge in [-0.15, -0.1) is 0 Å². The molecule has 0 bridgehead atoms. The Bertz CT molecular complexity index is 370. The minimum absolute atomic E-state index is 0.273. The second-order valence-electron chi connectivity index (χ2n) is 4.40. The van der Waals surface area contributed by atoms with E-state index < -0.39 is 0 Å². The lowest BCUT2D eigenvalue weighted by atomic mass is 10.0. The van der Waals surface area contributed by atoms with Crippen LogP contribution in [0.4, 0.5) is 11.4 Å². The van der Waals surface area contributed by atoms with E-state index in [1.807, 2.05) is 30.0 Å². The Kier molecular flexibility index (Phi) is 5.66. The second-order valence-corrected chi connectivity index (χ2v) is 5.68. The normalized spacial score (nSPS) is 11.3. The maximum atomic E-state index is 5.97. The quantitative estimate of drug-likeness (QED) is 0.742. The van der Waals surface area contributed by atoms with Crippen molar-refractivity contribution in [1.29, 1.82) is 0 Å². The van der Waals surface area contributed by atoms with Gasteiger partial charge in [-0.1, -0.05) is 13.8 Å². The van der Waals surface area contributed by atoms with Crippen molar-refractivity contribution in [3.8, 4) is 5.75 Å². The van der Waals surface area contributed by atoms with Crippen LogP contribution < -0.4 is 15.8 Å². The van der Waals surface area contributed by atoms with Crippen LogP contribution in [0.5, 0.6) is 5.75 Å². The third-order valence-corrected chi connectivity index (χ3v) is 5.17. The molecule has 1 rings (SSSR count). The lowest BCUT2D eigenvalue weighted by Crippen LogP contribution is -2.32. The molecule has 1 aromatic rings. The molecule has 4 heteroatoms. The van der Waals surface area contributed by atoms with Gasteiger partial charge in [0.25, 0.3) is 0 Å². The average molecular weight is 268 g/mol. The highest BCUT2D eigenvalue weighted by atomic mass is 32.2. The van der Waals surface area contributed by atoms with Crippen molar-refractivity contribution < 1.29 is 4.74 Å². The van der Waals surface area contributed by atoms with Crippen LogP contribution in [0.2, 0.25) is 0 Å². The van der Waals surface area contributed by atoms with Gasteiger partial charge in [-0.3, -0.25) is 0 Å². The fraction of sp³-hybridized carbons (Fsp3) is 0.571. The Morgan fingerprint density at radius 2 is 2.00 bits per heavy atom. The number of thioether (sulfide) groups is 1. The van der Waals surface area contributed by atoms with Gasteiger partial charge in [0, 0.05) is 17.4 Å².